The number of alkyl halides is 2. The number of piperazine rings is 1. The minimum absolute atomic E-state index is 0.00930. The van der Waals surface area contributed by atoms with Crippen LogP contribution < -0.4 is 10.6 Å². The molecule has 4 fully saturated rings. The predicted octanol–water partition coefficient (Wildman–Crippen LogP) is 2.32. The maximum absolute atomic E-state index is 11.9. The molecule has 0 aromatic rings. The van der Waals surface area contributed by atoms with Gasteiger partial charge in [-0.15, -0.1) is 23.2 Å². The van der Waals surface area contributed by atoms with Crippen molar-refractivity contribution in [3.8, 4) is 6.07 Å². The normalized spacial score (nSPS) is 44.0. The Morgan fingerprint density at radius 3 is 2.52 bits per heavy atom. The van der Waals surface area contributed by atoms with Gasteiger partial charge in [0, 0.05) is 55.9 Å². The first kappa shape index (κ1) is 21.6. The molecule has 0 spiro atoms. The van der Waals surface area contributed by atoms with E-state index in [2.05, 4.69) is 21.6 Å². The van der Waals surface area contributed by atoms with Crippen molar-refractivity contribution in [2.45, 2.75) is 74.5 Å². The number of rotatable bonds is 2. The molecule has 2 aliphatic carbocycles. The van der Waals surface area contributed by atoms with Crippen molar-refractivity contribution >= 4 is 29.1 Å². The van der Waals surface area contributed by atoms with E-state index < -0.39 is 0 Å². The van der Waals surface area contributed by atoms with Crippen molar-refractivity contribution in [2.24, 2.45) is 17.8 Å². The number of nitrogens with zero attached hydrogens (tertiary/aromatic N) is 3. The highest BCUT2D eigenvalue weighted by Gasteiger charge is 2.47. The summed E-state index contributed by atoms with van der Waals surface area (Å²) >= 11 is 13.3. The van der Waals surface area contributed by atoms with Crippen LogP contribution in [0.1, 0.15) is 45.4 Å². The average Bonchev–Trinajstić information content (AvgIpc) is 2.73. The molecule has 4 rings (SSSR count). The predicted molar refractivity (Wildman–Crippen MR) is 115 cm³/mol. The maximum atomic E-state index is 11.9. The second kappa shape index (κ2) is 9.28. The van der Waals surface area contributed by atoms with E-state index in [1.54, 1.807) is 11.8 Å². The van der Waals surface area contributed by atoms with Gasteiger partial charge in [-0.3, -0.25) is 15.0 Å². The minimum Gasteiger partial charge on any atom is -0.324 e. The number of carbonyl (C=O) groups excluding carboxylic acids is 1. The molecule has 2 saturated heterocycles. The summed E-state index contributed by atoms with van der Waals surface area (Å²) in [5.74, 6) is 1.68. The number of amides is 1. The number of hydrogen-bond acceptors (Lipinski definition) is 5. The van der Waals surface area contributed by atoms with Gasteiger partial charge in [-0.05, 0) is 50.4 Å². The van der Waals surface area contributed by atoms with E-state index in [-0.39, 0.29) is 23.5 Å². The lowest BCUT2D eigenvalue weighted by Crippen LogP contribution is -2.69. The molecule has 2 N–H and O–H groups in total. The molecule has 8 heteroatoms. The standard InChI is InChI=1S/C21H33Cl2N5O/c1-13(29)28-7-6-27(11-16(28)10-24)21-18-8-17(14-2-4-15(22)5-3-14)19(23)9-20(18)25-12-26-21/h14-21,25-26H,2-9,11-12H2,1H3. The van der Waals surface area contributed by atoms with Gasteiger partial charge in [0.1, 0.15) is 6.04 Å². The van der Waals surface area contributed by atoms with Gasteiger partial charge in [0.25, 0.3) is 0 Å². The molecule has 2 heterocycles. The van der Waals surface area contributed by atoms with Gasteiger partial charge in [-0.1, -0.05) is 0 Å². The largest absolute Gasteiger partial charge is 0.324 e. The van der Waals surface area contributed by atoms with Gasteiger partial charge >= 0.3 is 0 Å². The van der Waals surface area contributed by atoms with Crippen LogP contribution in [-0.2, 0) is 4.79 Å². The van der Waals surface area contributed by atoms with Crippen LogP contribution in [0.2, 0.25) is 0 Å². The van der Waals surface area contributed by atoms with E-state index in [1.807, 2.05) is 0 Å². The number of fused-ring (bicyclic) bond motifs is 1. The number of carbonyl (C=O) groups is 1. The summed E-state index contributed by atoms with van der Waals surface area (Å²) in [6, 6.07) is 2.38. The van der Waals surface area contributed by atoms with E-state index >= 15 is 0 Å². The summed E-state index contributed by atoms with van der Waals surface area (Å²) in [7, 11) is 0. The van der Waals surface area contributed by atoms with Crippen molar-refractivity contribution in [2.75, 3.05) is 26.3 Å². The fourth-order valence-corrected chi connectivity index (χ4v) is 6.94. The first-order valence-electron chi connectivity index (χ1n) is 11.1. The zero-order valence-corrected chi connectivity index (χ0v) is 18.7. The van der Waals surface area contributed by atoms with Crippen LogP contribution in [0.4, 0.5) is 0 Å². The fraction of sp³-hybridized carbons (Fsp3) is 0.905. The highest BCUT2D eigenvalue weighted by atomic mass is 35.5. The van der Waals surface area contributed by atoms with Crippen LogP contribution >= 0.6 is 23.2 Å². The molecule has 4 aliphatic rings. The summed E-state index contributed by atoms with van der Waals surface area (Å²) in [5, 5.41) is 17.4. The maximum Gasteiger partial charge on any atom is 0.220 e. The molecule has 6 atom stereocenters. The van der Waals surface area contributed by atoms with Crippen molar-refractivity contribution in [1.82, 2.24) is 20.4 Å². The molecule has 162 valence electrons. The van der Waals surface area contributed by atoms with Crippen molar-refractivity contribution in [3.63, 3.8) is 0 Å². The van der Waals surface area contributed by atoms with Gasteiger partial charge < -0.3 is 10.2 Å². The van der Waals surface area contributed by atoms with Gasteiger partial charge in [-0.2, -0.15) is 5.26 Å². The molecule has 0 aromatic carbocycles. The Balaban J connectivity index is 1.46. The molecular weight excluding hydrogens is 409 g/mol. The zero-order chi connectivity index (χ0) is 20.5. The van der Waals surface area contributed by atoms with Crippen LogP contribution in [-0.4, -0.2) is 71.0 Å². The van der Waals surface area contributed by atoms with Crippen molar-refractivity contribution in [3.05, 3.63) is 0 Å². The van der Waals surface area contributed by atoms with E-state index in [4.69, 9.17) is 23.2 Å². The van der Waals surface area contributed by atoms with Gasteiger partial charge in [0.2, 0.25) is 5.91 Å². The molecule has 6 unspecified atom stereocenters. The smallest absolute Gasteiger partial charge is 0.220 e. The fourth-order valence-electron chi connectivity index (χ4n) is 6.19. The van der Waals surface area contributed by atoms with Crippen LogP contribution in [0.25, 0.3) is 0 Å². The molecule has 0 radical (unpaired) electrons. The lowest BCUT2D eigenvalue weighted by Gasteiger charge is -2.53. The number of nitriles is 1. The zero-order valence-electron chi connectivity index (χ0n) is 17.2. The van der Waals surface area contributed by atoms with Crippen LogP contribution in [0.3, 0.4) is 0 Å². The summed E-state index contributed by atoms with van der Waals surface area (Å²) < 4.78 is 0. The SMILES string of the molecule is CC(=O)N1CCN(C2NCNC3CC(Cl)C(C4CCC(Cl)CC4)CC32)CC1C#N. The second-order valence-corrected chi connectivity index (χ2v) is 10.5. The van der Waals surface area contributed by atoms with E-state index in [0.29, 0.717) is 42.3 Å². The van der Waals surface area contributed by atoms with E-state index in [9.17, 15) is 10.1 Å². The molecule has 6 nitrogen and oxygen atoms in total. The average molecular weight is 442 g/mol. The highest BCUT2D eigenvalue weighted by Crippen LogP contribution is 2.45. The Kier molecular flexibility index (Phi) is 6.92. The summed E-state index contributed by atoms with van der Waals surface area (Å²) in [4.78, 5) is 16.0. The molecule has 2 saturated carbocycles. The highest BCUT2D eigenvalue weighted by molar-refractivity contribution is 6.21. The van der Waals surface area contributed by atoms with E-state index in [0.717, 1.165) is 38.9 Å². The van der Waals surface area contributed by atoms with Gasteiger partial charge in [0.15, 0.2) is 0 Å². The summed E-state index contributed by atoms with van der Waals surface area (Å²) in [5.41, 5.74) is 0. The van der Waals surface area contributed by atoms with Gasteiger partial charge in [-0.25, -0.2) is 0 Å². The third-order valence-corrected chi connectivity index (χ3v) is 8.69. The van der Waals surface area contributed by atoms with Crippen molar-refractivity contribution in [1.29, 1.82) is 5.26 Å². The minimum atomic E-state index is -0.365. The Labute approximate surface area is 184 Å². The van der Waals surface area contributed by atoms with Gasteiger partial charge in [0.05, 0.1) is 12.2 Å². The van der Waals surface area contributed by atoms with Crippen molar-refractivity contribution < 1.29 is 4.79 Å². The van der Waals surface area contributed by atoms with E-state index in [1.165, 1.54) is 12.8 Å². The summed E-state index contributed by atoms with van der Waals surface area (Å²) in [6.07, 6.45) is 6.96. The quantitative estimate of drug-likeness (QED) is 0.643. The second-order valence-electron chi connectivity index (χ2n) is 9.32. The number of nitrogens with one attached hydrogen (secondary N) is 2. The van der Waals surface area contributed by atoms with Crippen LogP contribution in [0.5, 0.6) is 0 Å². The Hall–Kier alpha value is -0.580. The Bertz CT molecular complexity index is 635. The number of hydrogen-bond donors (Lipinski definition) is 2. The third kappa shape index (κ3) is 4.55. The number of halogens is 2. The summed E-state index contributed by atoms with van der Waals surface area (Å²) in [6.45, 7) is 4.37. The molecule has 1 amide bonds. The first-order chi connectivity index (χ1) is 14.0. The van der Waals surface area contributed by atoms with Crippen LogP contribution in [0.15, 0.2) is 0 Å². The molecular formula is C21H33Cl2N5O. The lowest BCUT2D eigenvalue weighted by molar-refractivity contribution is -0.133. The molecule has 0 bridgehead atoms. The molecule has 0 aromatic heterocycles. The third-order valence-electron chi connectivity index (χ3n) is 7.75. The Morgan fingerprint density at radius 2 is 1.83 bits per heavy atom. The monoisotopic (exact) mass is 441 g/mol. The topological polar surface area (TPSA) is 71.4 Å². The van der Waals surface area contributed by atoms with Crippen LogP contribution in [0, 0.1) is 29.1 Å². The first-order valence-corrected chi connectivity index (χ1v) is 12.0. The molecule has 29 heavy (non-hydrogen) atoms. The molecule has 2 aliphatic heterocycles. The lowest BCUT2D eigenvalue weighted by atomic mass is 9.67. The Morgan fingerprint density at radius 1 is 1.07 bits per heavy atom.